The summed E-state index contributed by atoms with van der Waals surface area (Å²) in [6, 6.07) is 2.15. The molecule has 148 valence electrons. The van der Waals surface area contributed by atoms with Crippen molar-refractivity contribution in [2.24, 2.45) is 5.92 Å². The summed E-state index contributed by atoms with van der Waals surface area (Å²) in [6.45, 7) is 7.61. The Morgan fingerprint density at radius 1 is 1.39 bits per heavy atom. The molecule has 2 atom stereocenters. The Morgan fingerprint density at radius 2 is 2.21 bits per heavy atom. The number of piperidine rings is 1. The summed E-state index contributed by atoms with van der Waals surface area (Å²) >= 11 is 0. The van der Waals surface area contributed by atoms with Gasteiger partial charge in [-0.1, -0.05) is 25.9 Å². The molecule has 3 aromatic heterocycles. The van der Waals surface area contributed by atoms with E-state index in [0.717, 1.165) is 29.8 Å². The lowest BCUT2D eigenvalue weighted by Gasteiger charge is -2.42. The van der Waals surface area contributed by atoms with E-state index >= 15 is 0 Å². The van der Waals surface area contributed by atoms with Crippen molar-refractivity contribution < 1.29 is 9.32 Å². The fourth-order valence-electron chi connectivity index (χ4n) is 4.03. The van der Waals surface area contributed by atoms with Gasteiger partial charge in [-0.25, -0.2) is 9.97 Å². The van der Waals surface area contributed by atoms with Crippen LogP contribution in [0.3, 0.4) is 0 Å². The van der Waals surface area contributed by atoms with Gasteiger partial charge < -0.3 is 19.3 Å². The van der Waals surface area contributed by atoms with Gasteiger partial charge in [-0.05, 0) is 18.4 Å². The van der Waals surface area contributed by atoms with E-state index in [1.807, 2.05) is 38.1 Å². The Hall–Kier alpha value is -2.90. The minimum Gasteiger partial charge on any atom is -0.360 e. The third-order valence-corrected chi connectivity index (χ3v) is 5.72. The summed E-state index contributed by atoms with van der Waals surface area (Å²) in [7, 11) is 2.04. The number of rotatable bonds is 4. The van der Waals surface area contributed by atoms with Crippen molar-refractivity contribution in [2.75, 3.05) is 25.0 Å². The summed E-state index contributed by atoms with van der Waals surface area (Å²) in [5.41, 5.74) is 1.39. The number of likely N-dealkylation sites (N-methyl/N-ethyl adjacent to an activating group) is 1. The Morgan fingerprint density at radius 3 is 3.00 bits per heavy atom. The van der Waals surface area contributed by atoms with Crippen LogP contribution < -0.4 is 4.90 Å². The van der Waals surface area contributed by atoms with Crippen molar-refractivity contribution in [3.05, 3.63) is 36.1 Å². The Labute approximate surface area is 163 Å². The van der Waals surface area contributed by atoms with Crippen LogP contribution in [0.2, 0.25) is 0 Å². The number of hydrogen-bond acceptors (Lipinski definition) is 6. The van der Waals surface area contributed by atoms with Crippen molar-refractivity contribution >= 4 is 22.8 Å². The topological polar surface area (TPSA) is 91.2 Å². The van der Waals surface area contributed by atoms with Crippen LogP contribution in [-0.4, -0.2) is 57.1 Å². The van der Waals surface area contributed by atoms with Gasteiger partial charge in [-0.3, -0.25) is 4.79 Å². The van der Waals surface area contributed by atoms with E-state index in [9.17, 15) is 4.79 Å². The highest BCUT2D eigenvalue weighted by Gasteiger charge is 2.34. The summed E-state index contributed by atoms with van der Waals surface area (Å²) in [4.78, 5) is 29.2. The van der Waals surface area contributed by atoms with Crippen LogP contribution in [0.25, 0.3) is 11.0 Å². The van der Waals surface area contributed by atoms with Crippen LogP contribution in [0.4, 0.5) is 5.82 Å². The summed E-state index contributed by atoms with van der Waals surface area (Å²) in [5, 5.41) is 4.84. The fraction of sp³-hybridized carbons (Fsp3) is 0.500. The molecule has 2 unspecified atom stereocenters. The lowest BCUT2D eigenvalue weighted by atomic mass is 9.91. The second-order valence-electron chi connectivity index (χ2n) is 7.89. The molecular weight excluding hydrogens is 356 g/mol. The van der Waals surface area contributed by atoms with Gasteiger partial charge in [0.25, 0.3) is 5.91 Å². The van der Waals surface area contributed by atoms with E-state index in [1.165, 1.54) is 0 Å². The molecule has 28 heavy (non-hydrogen) atoms. The van der Waals surface area contributed by atoms with Crippen molar-refractivity contribution in [3.63, 3.8) is 0 Å². The molecule has 1 aliphatic rings. The minimum absolute atomic E-state index is 0.00951. The number of hydrogen-bond donors (Lipinski definition) is 1. The maximum Gasteiger partial charge on any atom is 0.259 e. The van der Waals surface area contributed by atoms with Gasteiger partial charge in [-0.15, -0.1) is 0 Å². The number of likely N-dealkylation sites (tertiary alicyclic amines) is 1. The number of fused-ring (bicyclic) bond motifs is 1. The molecule has 0 aromatic carbocycles. The van der Waals surface area contributed by atoms with E-state index in [4.69, 9.17) is 4.52 Å². The number of H-pyrrole nitrogens is 1. The van der Waals surface area contributed by atoms with E-state index < -0.39 is 0 Å². The van der Waals surface area contributed by atoms with Crippen molar-refractivity contribution in [1.82, 2.24) is 25.0 Å². The lowest BCUT2D eigenvalue weighted by Crippen LogP contribution is -2.53. The first kappa shape index (κ1) is 18.5. The molecule has 1 N–H and O–H groups in total. The largest absolute Gasteiger partial charge is 0.360 e. The second-order valence-corrected chi connectivity index (χ2v) is 7.89. The molecule has 4 heterocycles. The first-order valence-corrected chi connectivity index (χ1v) is 9.72. The highest BCUT2D eigenvalue weighted by atomic mass is 16.5. The van der Waals surface area contributed by atoms with Gasteiger partial charge in [-0.2, -0.15) is 0 Å². The number of carbonyl (C=O) groups excluding carboxylic acids is 1. The predicted molar refractivity (Wildman–Crippen MR) is 106 cm³/mol. The van der Waals surface area contributed by atoms with E-state index in [2.05, 4.69) is 31.9 Å². The lowest BCUT2D eigenvalue weighted by molar-refractivity contribution is 0.0667. The monoisotopic (exact) mass is 382 g/mol. The van der Waals surface area contributed by atoms with Gasteiger partial charge in [0.2, 0.25) is 0 Å². The molecule has 4 rings (SSSR count). The molecule has 1 fully saturated rings. The first-order chi connectivity index (χ1) is 13.5. The molecule has 1 saturated heterocycles. The number of anilines is 1. The molecule has 0 aliphatic carbocycles. The Balaban J connectivity index is 1.59. The number of aromatic amines is 1. The zero-order valence-electron chi connectivity index (χ0n) is 16.7. The van der Waals surface area contributed by atoms with Gasteiger partial charge in [0.05, 0.1) is 17.6 Å². The number of aromatic nitrogens is 4. The van der Waals surface area contributed by atoms with Crippen molar-refractivity contribution in [1.29, 1.82) is 0 Å². The normalized spacial score (nSPS) is 20.1. The van der Waals surface area contributed by atoms with Gasteiger partial charge in [0.15, 0.2) is 5.76 Å². The Kier molecular flexibility index (Phi) is 4.78. The molecular formula is C20H26N6O2. The molecule has 1 amide bonds. The van der Waals surface area contributed by atoms with Gasteiger partial charge in [0, 0.05) is 32.3 Å². The predicted octanol–water partition coefficient (Wildman–Crippen LogP) is 3.06. The average molecular weight is 382 g/mol. The number of amides is 1. The Bertz CT molecular complexity index is 978. The molecule has 0 radical (unpaired) electrons. The molecule has 0 saturated carbocycles. The third kappa shape index (κ3) is 3.12. The van der Waals surface area contributed by atoms with Crippen LogP contribution in [0.1, 0.15) is 49.2 Å². The van der Waals surface area contributed by atoms with E-state index in [0.29, 0.717) is 23.8 Å². The maximum absolute atomic E-state index is 13.1. The van der Waals surface area contributed by atoms with E-state index in [1.54, 1.807) is 12.5 Å². The molecule has 0 spiro atoms. The molecule has 3 aromatic rings. The molecule has 8 nitrogen and oxygen atoms in total. The summed E-state index contributed by atoms with van der Waals surface area (Å²) in [5.74, 6) is 2.07. The SMILES string of the molecule is CC(C)c1oncc1C(=O)N1CCC(C)C(N(C)c2ncnc3[nH]ccc23)C1. The quantitative estimate of drug-likeness (QED) is 0.746. The highest BCUT2D eigenvalue weighted by Crippen LogP contribution is 2.30. The third-order valence-electron chi connectivity index (χ3n) is 5.72. The summed E-state index contributed by atoms with van der Waals surface area (Å²) in [6.07, 6.45) is 5.93. The van der Waals surface area contributed by atoms with Crippen molar-refractivity contribution in [2.45, 2.75) is 39.2 Å². The highest BCUT2D eigenvalue weighted by molar-refractivity contribution is 5.95. The first-order valence-electron chi connectivity index (χ1n) is 9.72. The number of nitrogens with zero attached hydrogens (tertiary/aromatic N) is 5. The zero-order chi connectivity index (χ0) is 19.8. The molecule has 1 aliphatic heterocycles. The molecule has 8 heteroatoms. The fourth-order valence-corrected chi connectivity index (χ4v) is 4.03. The maximum atomic E-state index is 13.1. The molecule has 0 bridgehead atoms. The zero-order valence-corrected chi connectivity index (χ0v) is 16.7. The van der Waals surface area contributed by atoms with Crippen LogP contribution in [0.15, 0.2) is 29.3 Å². The van der Waals surface area contributed by atoms with Crippen LogP contribution in [0, 0.1) is 5.92 Å². The standard InChI is InChI=1S/C20H26N6O2/c1-12(2)17-15(9-24-28-17)20(27)26-8-6-13(3)16(10-26)25(4)19-14-5-7-21-18(14)22-11-23-19/h5,7,9,11-13,16H,6,8,10H2,1-4H3,(H,21,22,23). The van der Waals surface area contributed by atoms with Crippen molar-refractivity contribution in [3.8, 4) is 0 Å². The second kappa shape index (κ2) is 7.26. The van der Waals surface area contributed by atoms with E-state index in [-0.39, 0.29) is 17.9 Å². The van der Waals surface area contributed by atoms with Gasteiger partial charge >= 0.3 is 0 Å². The van der Waals surface area contributed by atoms with Gasteiger partial charge in [0.1, 0.15) is 23.4 Å². The smallest absolute Gasteiger partial charge is 0.259 e. The number of nitrogens with one attached hydrogen (secondary N) is 1. The van der Waals surface area contributed by atoms with Crippen LogP contribution in [0.5, 0.6) is 0 Å². The summed E-state index contributed by atoms with van der Waals surface area (Å²) < 4.78 is 5.31. The minimum atomic E-state index is -0.00951. The van der Waals surface area contributed by atoms with Crippen LogP contribution >= 0.6 is 0 Å². The average Bonchev–Trinajstić information content (AvgIpc) is 3.36. The van der Waals surface area contributed by atoms with Crippen LogP contribution in [-0.2, 0) is 0 Å². The number of carbonyl (C=O) groups is 1.